The second-order valence-electron chi connectivity index (χ2n) is 6.54. The first kappa shape index (κ1) is 20.7. The van der Waals surface area contributed by atoms with E-state index in [0.29, 0.717) is 18.9 Å². The van der Waals surface area contributed by atoms with Gasteiger partial charge in [-0.25, -0.2) is 13.4 Å². The van der Waals surface area contributed by atoms with Gasteiger partial charge >= 0.3 is 5.51 Å². The number of aromatic hydroxyl groups is 1. The first-order chi connectivity index (χ1) is 12.9. The highest BCUT2D eigenvalue weighted by molar-refractivity contribution is 9.10. The average molecular weight is 484 g/mol. The van der Waals surface area contributed by atoms with Crippen LogP contribution in [0.4, 0.5) is 18.9 Å². The molecule has 1 aromatic rings. The van der Waals surface area contributed by atoms with E-state index in [1.165, 1.54) is 4.90 Å². The Morgan fingerprint density at radius 3 is 2.36 bits per heavy atom. The van der Waals surface area contributed by atoms with Gasteiger partial charge in [0.15, 0.2) is 5.75 Å². The molecule has 1 spiro atoms. The van der Waals surface area contributed by atoms with Gasteiger partial charge in [0.05, 0.1) is 15.1 Å². The first-order valence-electron chi connectivity index (χ1n) is 8.23. The Morgan fingerprint density at radius 2 is 1.79 bits per heavy atom. The van der Waals surface area contributed by atoms with Crippen molar-refractivity contribution in [2.45, 2.75) is 48.2 Å². The predicted octanol–water partition coefficient (Wildman–Crippen LogP) is 2.56. The zero-order valence-corrected chi connectivity index (χ0v) is 16.8. The quantitative estimate of drug-likeness (QED) is 0.591. The molecule has 0 aromatic heterocycles. The molecule has 8 nitrogen and oxygen atoms in total. The van der Waals surface area contributed by atoms with Gasteiger partial charge in [-0.3, -0.25) is 4.90 Å². The van der Waals surface area contributed by atoms with Gasteiger partial charge in [-0.05, 0) is 53.7 Å². The van der Waals surface area contributed by atoms with Gasteiger partial charge in [0, 0.05) is 0 Å². The molecule has 5 N–H and O–H groups in total. The van der Waals surface area contributed by atoms with Gasteiger partial charge in [-0.1, -0.05) is 6.42 Å². The van der Waals surface area contributed by atoms with Gasteiger partial charge in [0.1, 0.15) is 5.66 Å². The summed E-state index contributed by atoms with van der Waals surface area (Å²) in [6.45, 7) is 0. The summed E-state index contributed by atoms with van der Waals surface area (Å²) < 4.78 is 62.7. The highest BCUT2D eigenvalue weighted by Gasteiger charge is 2.49. The first-order valence-corrected chi connectivity index (χ1v) is 10.5. The monoisotopic (exact) mass is 483 g/mol. The van der Waals surface area contributed by atoms with Crippen LogP contribution in [0.3, 0.4) is 0 Å². The maximum atomic E-state index is 13.0. The smallest absolute Gasteiger partial charge is 0.501 e. The zero-order chi connectivity index (χ0) is 20.9. The molecule has 3 rings (SSSR count). The number of sulfone groups is 1. The number of nitrogens with two attached hydrogens (primary N) is 2. The number of anilines is 1. The van der Waals surface area contributed by atoms with Crippen LogP contribution in [0.2, 0.25) is 0 Å². The van der Waals surface area contributed by atoms with Crippen molar-refractivity contribution in [3.8, 4) is 5.75 Å². The molecular formula is C15H17BrF3N5O3S. The van der Waals surface area contributed by atoms with Crippen molar-refractivity contribution >= 4 is 43.4 Å². The molecule has 0 radical (unpaired) electrons. The van der Waals surface area contributed by atoms with Crippen LogP contribution in [-0.4, -0.2) is 36.6 Å². The van der Waals surface area contributed by atoms with E-state index in [0.717, 1.165) is 25.3 Å². The van der Waals surface area contributed by atoms with E-state index in [1.54, 1.807) is 0 Å². The molecule has 1 saturated carbocycles. The van der Waals surface area contributed by atoms with E-state index < -0.39 is 31.7 Å². The summed E-state index contributed by atoms with van der Waals surface area (Å²) in [5.41, 5.74) is 4.90. The van der Waals surface area contributed by atoms with E-state index in [9.17, 15) is 26.7 Å². The average Bonchev–Trinajstić information content (AvgIpc) is 2.57. The van der Waals surface area contributed by atoms with Crippen molar-refractivity contribution in [2.24, 2.45) is 21.5 Å². The van der Waals surface area contributed by atoms with Crippen LogP contribution in [0, 0.1) is 0 Å². The Bertz CT molecular complexity index is 972. The highest BCUT2D eigenvalue weighted by atomic mass is 79.9. The minimum absolute atomic E-state index is 0.0896. The van der Waals surface area contributed by atoms with Crippen LogP contribution in [0.25, 0.3) is 0 Å². The van der Waals surface area contributed by atoms with E-state index in [4.69, 9.17) is 11.5 Å². The lowest BCUT2D eigenvalue weighted by molar-refractivity contribution is -0.0436. The number of nitrogens with zero attached hydrogens (tertiary/aromatic N) is 3. The fourth-order valence-corrected chi connectivity index (χ4v) is 4.90. The molecule has 1 heterocycles. The lowest BCUT2D eigenvalue weighted by Crippen LogP contribution is -2.58. The van der Waals surface area contributed by atoms with Crippen LogP contribution in [0.1, 0.15) is 32.1 Å². The van der Waals surface area contributed by atoms with E-state index in [1.807, 2.05) is 0 Å². The van der Waals surface area contributed by atoms with Crippen molar-refractivity contribution in [3.05, 3.63) is 16.6 Å². The second kappa shape index (κ2) is 6.79. The van der Waals surface area contributed by atoms with Gasteiger partial charge < -0.3 is 16.6 Å². The number of rotatable bonds is 2. The molecule has 28 heavy (non-hydrogen) atoms. The van der Waals surface area contributed by atoms with Crippen LogP contribution in [0.15, 0.2) is 31.5 Å². The second-order valence-corrected chi connectivity index (χ2v) is 9.34. The lowest BCUT2D eigenvalue weighted by atomic mass is 9.87. The van der Waals surface area contributed by atoms with Gasteiger partial charge in [0.2, 0.25) is 11.9 Å². The number of phenols is 1. The van der Waals surface area contributed by atoms with Gasteiger partial charge in [-0.15, -0.1) is 0 Å². The minimum Gasteiger partial charge on any atom is -0.505 e. The van der Waals surface area contributed by atoms with Crippen LogP contribution >= 0.6 is 15.9 Å². The number of aliphatic imine (C=N–C) groups is 2. The third kappa shape index (κ3) is 3.30. The largest absolute Gasteiger partial charge is 0.505 e. The molecule has 1 aliphatic heterocycles. The Morgan fingerprint density at radius 1 is 1.18 bits per heavy atom. The molecular weight excluding hydrogens is 467 g/mol. The lowest BCUT2D eigenvalue weighted by Gasteiger charge is -2.45. The summed E-state index contributed by atoms with van der Waals surface area (Å²) in [6.07, 6.45) is 3.31. The molecule has 0 atom stereocenters. The van der Waals surface area contributed by atoms with E-state index in [-0.39, 0.29) is 22.1 Å². The summed E-state index contributed by atoms with van der Waals surface area (Å²) in [7, 11) is -5.66. The summed E-state index contributed by atoms with van der Waals surface area (Å²) in [4.78, 5) is 8.42. The fourth-order valence-electron chi connectivity index (χ4n) is 3.49. The minimum atomic E-state index is -5.66. The number of phenolic OH excluding ortho intramolecular Hbond substituents is 1. The molecule has 13 heteroatoms. The fraction of sp³-hybridized carbons (Fsp3) is 0.467. The van der Waals surface area contributed by atoms with Crippen LogP contribution < -0.4 is 16.4 Å². The Kier molecular flexibility index (Phi) is 5.02. The van der Waals surface area contributed by atoms with E-state index >= 15 is 0 Å². The molecule has 0 bridgehead atoms. The van der Waals surface area contributed by atoms with Crippen molar-refractivity contribution in [1.29, 1.82) is 0 Å². The van der Waals surface area contributed by atoms with Crippen molar-refractivity contribution in [2.75, 3.05) is 4.90 Å². The number of benzene rings is 1. The number of hydrogen-bond donors (Lipinski definition) is 3. The summed E-state index contributed by atoms with van der Waals surface area (Å²) in [5, 5.41) is 10.5. The number of guanidine groups is 2. The number of hydrogen-bond acceptors (Lipinski definition) is 8. The van der Waals surface area contributed by atoms with Gasteiger partial charge in [0.25, 0.3) is 9.84 Å². The zero-order valence-electron chi connectivity index (χ0n) is 14.4. The van der Waals surface area contributed by atoms with Crippen molar-refractivity contribution < 1.29 is 26.7 Å². The van der Waals surface area contributed by atoms with Crippen LogP contribution in [0.5, 0.6) is 5.75 Å². The summed E-state index contributed by atoms with van der Waals surface area (Å²) in [6, 6.07) is 1.41. The number of halogens is 4. The maximum absolute atomic E-state index is 13.0. The van der Waals surface area contributed by atoms with Crippen LogP contribution in [-0.2, 0) is 9.84 Å². The topological polar surface area (TPSA) is 134 Å². The molecule has 1 aliphatic carbocycles. The molecule has 0 amide bonds. The third-order valence-corrected chi connectivity index (χ3v) is 6.79. The standard InChI is InChI=1S/C15H17BrF3N5O3S/c16-9-6-8(28(26,27)15(17,18)19)7-10(11(9)25)24-13(21)22-12(20)23-14(24)4-2-1-3-5-14/h6-7,25H,1-5H2,(H4,20,21,22,23). The molecule has 0 saturated heterocycles. The van der Waals surface area contributed by atoms with E-state index in [2.05, 4.69) is 25.9 Å². The predicted molar refractivity (Wildman–Crippen MR) is 101 cm³/mol. The maximum Gasteiger partial charge on any atom is 0.501 e. The number of alkyl halides is 3. The summed E-state index contributed by atoms with van der Waals surface area (Å²) >= 11 is 2.92. The van der Waals surface area contributed by atoms with Crippen molar-refractivity contribution in [1.82, 2.24) is 0 Å². The van der Waals surface area contributed by atoms with Gasteiger partial charge in [-0.2, -0.15) is 18.2 Å². The normalized spacial score (nSPS) is 20.1. The molecule has 1 fully saturated rings. The van der Waals surface area contributed by atoms with Crippen molar-refractivity contribution in [3.63, 3.8) is 0 Å². The Balaban J connectivity index is 2.23. The molecule has 154 valence electrons. The summed E-state index contributed by atoms with van der Waals surface area (Å²) in [5.74, 6) is -0.772. The molecule has 2 aliphatic rings. The molecule has 0 unspecified atom stereocenters. The third-order valence-electron chi connectivity index (χ3n) is 4.72. The highest BCUT2D eigenvalue weighted by Crippen LogP contribution is 2.46. The Labute approximate surface area is 167 Å². The molecule has 1 aromatic carbocycles. The Hall–Kier alpha value is -2.02. The SMILES string of the molecule is NC1=NC2(CCCCC2)N(c2cc(S(=O)(=O)C(F)(F)F)cc(Br)c2O)C(N)=N1.